The summed E-state index contributed by atoms with van der Waals surface area (Å²) in [5, 5.41) is 23.1. The second-order valence-corrected chi connectivity index (χ2v) is 9.18. The Morgan fingerprint density at radius 1 is 1.39 bits per heavy atom. The summed E-state index contributed by atoms with van der Waals surface area (Å²) in [4.78, 5) is 27.3. The normalized spacial score (nSPS) is 24.5. The molecule has 2 N–H and O–H groups in total. The van der Waals surface area contributed by atoms with Crippen molar-refractivity contribution >= 4 is 12.0 Å². The summed E-state index contributed by atoms with van der Waals surface area (Å²) >= 11 is 0. The van der Waals surface area contributed by atoms with E-state index in [4.69, 9.17) is 9.47 Å². The van der Waals surface area contributed by atoms with Gasteiger partial charge in [0.15, 0.2) is 0 Å². The van der Waals surface area contributed by atoms with Gasteiger partial charge in [-0.25, -0.2) is 4.79 Å². The van der Waals surface area contributed by atoms with Crippen molar-refractivity contribution in [3.63, 3.8) is 0 Å². The molecular weight excluding hydrogens is 398 g/mol. The number of nitriles is 1. The van der Waals surface area contributed by atoms with Crippen molar-refractivity contribution in [3.8, 4) is 11.8 Å². The van der Waals surface area contributed by atoms with Crippen molar-refractivity contribution in [2.24, 2.45) is 5.92 Å². The van der Waals surface area contributed by atoms with Crippen LogP contribution in [0.1, 0.15) is 64.1 Å². The van der Waals surface area contributed by atoms with Gasteiger partial charge in [0.25, 0.3) is 0 Å². The number of likely N-dealkylation sites (tertiary alicyclic amines) is 1. The van der Waals surface area contributed by atoms with Gasteiger partial charge in [-0.1, -0.05) is 13.8 Å². The van der Waals surface area contributed by atoms with Crippen LogP contribution < -0.4 is 10.1 Å². The van der Waals surface area contributed by atoms with Gasteiger partial charge in [-0.2, -0.15) is 5.26 Å². The highest BCUT2D eigenvalue weighted by Gasteiger charge is 2.45. The van der Waals surface area contributed by atoms with E-state index in [1.54, 1.807) is 32.0 Å². The molecular formula is C23H31N3O5. The van der Waals surface area contributed by atoms with E-state index < -0.39 is 29.9 Å². The first-order chi connectivity index (χ1) is 14.6. The number of carbonyl (C=O) groups excluding carboxylic acids is 2. The Kier molecular flexibility index (Phi) is 6.75. The number of carbonyl (C=O) groups is 2. The largest absolute Gasteiger partial charge is 0.485 e. The highest BCUT2D eigenvalue weighted by atomic mass is 16.6. The number of nitrogens with zero attached hydrogens (tertiary/aromatic N) is 2. The molecule has 0 radical (unpaired) electrons. The fourth-order valence-electron chi connectivity index (χ4n) is 4.02. The second kappa shape index (κ2) is 9.15. The predicted molar refractivity (Wildman–Crippen MR) is 113 cm³/mol. The molecule has 0 aliphatic carbocycles. The topological polar surface area (TPSA) is 112 Å². The van der Waals surface area contributed by atoms with E-state index in [1.165, 1.54) is 4.90 Å². The van der Waals surface area contributed by atoms with Crippen molar-refractivity contribution in [1.82, 2.24) is 10.2 Å². The fourth-order valence-corrected chi connectivity index (χ4v) is 4.02. The van der Waals surface area contributed by atoms with Crippen molar-refractivity contribution < 1.29 is 24.2 Å². The molecule has 0 aromatic heterocycles. The van der Waals surface area contributed by atoms with Gasteiger partial charge in [0.2, 0.25) is 5.91 Å². The molecule has 2 amide bonds. The summed E-state index contributed by atoms with van der Waals surface area (Å²) in [5.41, 5.74) is 0.00990. The molecule has 168 valence electrons. The number of fused-ring (bicyclic) bond motifs is 1. The molecule has 2 aliphatic heterocycles. The van der Waals surface area contributed by atoms with Crippen molar-refractivity contribution in [2.75, 3.05) is 13.2 Å². The number of hydrogen-bond acceptors (Lipinski definition) is 6. The van der Waals surface area contributed by atoms with E-state index in [-0.39, 0.29) is 11.8 Å². The Bertz CT molecular complexity index is 876. The Morgan fingerprint density at radius 2 is 2.13 bits per heavy atom. The molecule has 3 unspecified atom stereocenters. The average molecular weight is 430 g/mol. The van der Waals surface area contributed by atoms with Crippen molar-refractivity contribution in [2.45, 2.75) is 70.7 Å². The number of aliphatic hydroxyl groups excluding tert-OH is 1. The van der Waals surface area contributed by atoms with Crippen LogP contribution in [0.5, 0.6) is 5.75 Å². The summed E-state index contributed by atoms with van der Waals surface area (Å²) in [7, 11) is 0. The highest BCUT2D eigenvalue weighted by molar-refractivity contribution is 5.86. The lowest BCUT2D eigenvalue weighted by atomic mass is 9.85. The first-order valence-corrected chi connectivity index (χ1v) is 10.8. The molecule has 1 fully saturated rings. The standard InChI is InChI=1S/C23H31N3O5/c1-14(2)13-30-22(29)26-10-6-5-7-17(26)21(28)25-19-16-11-15(12-24)8-9-18(16)31-23(3,4)20(19)27/h8-9,11,14,17,19-20,27H,5-7,10,13H2,1-4H3,(H,25,28). The zero-order chi connectivity index (χ0) is 22.8. The van der Waals surface area contributed by atoms with E-state index in [0.717, 1.165) is 12.8 Å². The molecule has 3 rings (SSSR count). The van der Waals surface area contributed by atoms with Crippen LogP contribution in [0.25, 0.3) is 0 Å². The van der Waals surface area contributed by atoms with Crippen LogP contribution in [-0.4, -0.2) is 52.9 Å². The first-order valence-electron chi connectivity index (χ1n) is 10.8. The maximum atomic E-state index is 13.3. The zero-order valence-corrected chi connectivity index (χ0v) is 18.6. The monoisotopic (exact) mass is 429 g/mol. The van der Waals surface area contributed by atoms with Gasteiger partial charge in [0.05, 0.1) is 24.3 Å². The van der Waals surface area contributed by atoms with Crippen LogP contribution in [-0.2, 0) is 9.53 Å². The van der Waals surface area contributed by atoms with Crippen LogP contribution >= 0.6 is 0 Å². The molecule has 8 nitrogen and oxygen atoms in total. The summed E-state index contributed by atoms with van der Waals surface area (Å²) in [6.45, 7) is 8.14. The van der Waals surface area contributed by atoms with Gasteiger partial charge in [-0.05, 0) is 57.2 Å². The maximum absolute atomic E-state index is 13.3. The third-order valence-electron chi connectivity index (χ3n) is 5.75. The van der Waals surface area contributed by atoms with Gasteiger partial charge < -0.3 is 19.9 Å². The SMILES string of the molecule is CC(C)COC(=O)N1CCCCC1C(=O)NC1c2cc(C#N)ccc2OC(C)(C)C1O. The average Bonchev–Trinajstić information content (AvgIpc) is 2.74. The van der Waals surface area contributed by atoms with Gasteiger partial charge >= 0.3 is 6.09 Å². The Morgan fingerprint density at radius 3 is 2.81 bits per heavy atom. The molecule has 31 heavy (non-hydrogen) atoms. The lowest BCUT2D eigenvalue weighted by molar-refractivity contribution is -0.131. The zero-order valence-electron chi connectivity index (χ0n) is 18.6. The van der Waals surface area contributed by atoms with E-state index in [2.05, 4.69) is 11.4 Å². The summed E-state index contributed by atoms with van der Waals surface area (Å²) < 4.78 is 11.3. The minimum Gasteiger partial charge on any atom is -0.485 e. The van der Waals surface area contributed by atoms with Crippen molar-refractivity contribution in [3.05, 3.63) is 29.3 Å². The molecule has 1 saturated heterocycles. The van der Waals surface area contributed by atoms with E-state index in [0.29, 0.717) is 36.4 Å². The first kappa shape index (κ1) is 22.9. The van der Waals surface area contributed by atoms with Crippen LogP contribution in [0.15, 0.2) is 18.2 Å². The highest BCUT2D eigenvalue weighted by Crippen LogP contribution is 2.40. The minimum atomic E-state index is -1.04. The van der Waals surface area contributed by atoms with E-state index in [9.17, 15) is 20.0 Å². The van der Waals surface area contributed by atoms with Crippen LogP contribution in [0.3, 0.4) is 0 Å². The maximum Gasteiger partial charge on any atom is 0.410 e. The molecule has 2 aliphatic rings. The molecule has 8 heteroatoms. The van der Waals surface area contributed by atoms with Gasteiger partial charge in [0.1, 0.15) is 23.5 Å². The molecule has 1 aromatic rings. The van der Waals surface area contributed by atoms with Crippen LogP contribution in [0.2, 0.25) is 0 Å². The van der Waals surface area contributed by atoms with Crippen LogP contribution in [0.4, 0.5) is 4.79 Å². The Hall–Kier alpha value is -2.79. The smallest absolute Gasteiger partial charge is 0.410 e. The number of ether oxygens (including phenoxy) is 2. The number of rotatable bonds is 4. The van der Waals surface area contributed by atoms with Gasteiger partial charge in [-0.3, -0.25) is 9.69 Å². The predicted octanol–water partition coefficient (Wildman–Crippen LogP) is 2.89. The Balaban J connectivity index is 1.83. The van der Waals surface area contributed by atoms with Crippen LogP contribution in [0, 0.1) is 17.2 Å². The third-order valence-corrected chi connectivity index (χ3v) is 5.75. The second-order valence-electron chi connectivity index (χ2n) is 9.18. The minimum absolute atomic E-state index is 0.200. The number of amides is 2. The van der Waals surface area contributed by atoms with E-state index in [1.807, 2.05) is 13.8 Å². The quantitative estimate of drug-likeness (QED) is 0.761. The number of hydrogen-bond donors (Lipinski definition) is 2. The molecule has 1 aromatic carbocycles. The molecule has 2 heterocycles. The number of nitrogens with one attached hydrogen (secondary N) is 1. The number of piperidine rings is 1. The number of benzene rings is 1. The van der Waals surface area contributed by atoms with Gasteiger partial charge in [-0.15, -0.1) is 0 Å². The third kappa shape index (κ3) is 4.93. The molecule has 0 saturated carbocycles. The van der Waals surface area contributed by atoms with Crippen molar-refractivity contribution in [1.29, 1.82) is 5.26 Å². The lowest BCUT2D eigenvalue weighted by Gasteiger charge is -2.43. The number of aliphatic hydroxyl groups is 1. The van der Waals surface area contributed by atoms with Gasteiger partial charge in [0, 0.05) is 12.1 Å². The fraction of sp³-hybridized carbons (Fsp3) is 0.609. The summed E-state index contributed by atoms with van der Waals surface area (Å²) in [5.74, 6) is 0.360. The Labute approximate surface area is 183 Å². The molecule has 0 spiro atoms. The molecule has 3 atom stereocenters. The lowest BCUT2D eigenvalue weighted by Crippen LogP contribution is -2.57. The van der Waals surface area contributed by atoms with E-state index >= 15 is 0 Å². The summed E-state index contributed by atoms with van der Waals surface area (Å²) in [6, 6.07) is 5.57. The molecule has 0 bridgehead atoms. The summed E-state index contributed by atoms with van der Waals surface area (Å²) in [6.07, 6.45) is 0.623.